The van der Waals surface area contributed by atoms with Crippen LogP contribution in [0.1, 0.15) is 5.56 Å². The van der Waals surface area contributed by atoms with Gasteiger partial charge in [0.05, 0.1) is 20.8 Å². The molecule has 0 aliphatic heterocycles. The average Bonchev–Trinajstić information content (AvgIpc) is 2.68. The Bertz CT molecular complexity index is 932. The van der Waals surface area contributed by atoms with Gasteiger partial charge in [0.2, 0.25) is 15.9 Å². The van der Waals surface area contributed by atoms with Crippen molar-refractivity contribution >= 4 is 27.5 Å². The summed E-state index contributed by atoms with van der Waals surface area (Å²) in [5.41, 5.74) is 0.902. The Balaban J connectivity index is 2.10. The van der Waals surface area contributed by atoms with E-state index in [1.807, 2.05) is 12.1 Å². The zero-order valence-corrected chi connectivity index (χ0v) is 17.7. The number of benzene rings is 2. The summed E-state index contributed by atoms with van der Waals surface area (Å²) in [6.07, 6.45) is 0. The quantitative estimate of drug-likeness (QED) is 0.648. The lowest BCUT2D eigenvalue weighted by atomic mass is 10.2. The van der Waals surface area contributed by atoms with Crippen molar-refractivity contribution in [1.29, 1.82) is 0 Å². The van der Waals surface area contributed by atoms with Crippen molar-refractivity contribution in [3.8, 4) is 11.5 Å². The minimum atomic E-state index is -3.95. The number of amides is 1. The molecule has 0 unspecified atom stereocenters. The van der Waals surface area contributed by atoms with Crippen LogP contribution in [0.5, 0.6) is 11.5 Å². The van der Waals surface area contributed by atoms with Crippen LogP contribution < -0.4 is 9.47 Å². The highest BCUT2D eigenvalue weighted by Gasteiger charge is 2.27. The first-order chi connectivity index (χ1) is 13.2. The van der Waals surface area contributed by atoms with Crippen molar-refractivity contribution in [2.75, 3.05) is 34.9 Å². The zero-order chi connectivity index (χ0) is 20.9. The molecule has 2 aromatic carbocycles. The predicted molar refractivity (Wildman–Crippen MR) is 107 cm³/mol. The van der Waals surface area contributed by atoms with E-state index in [1.165, 1.54) is 37.3 Å². The standard InChI is InChI=1S/C19H23ClN2O5S/c1-21(12-14-5-8-16(26-3)9-6-14)19(23)13-22(2)28(24,25)18-11-15(20)7-10-17(18)27-4/h5-11H,12-13H2,1-4H3. The molecule has 0 saturated heterocycles. The van der Waals surface area contributed by atoms with Gasteiger partial charge in [0, 0.05) is 25.7 Å². The highest BCUT2D eigenvalue weighted by Crippen LogP contribution is 2.29. The Labute approximate surface area is 170 Å². The molecule has 0 aliphatic rings. The average molecular weight is 427 g/mol. The fraction of sp³-hybridized carbons (Fsp3) is 0.316. The molecule has 152 valence electrons. The van der Waals surface area contributed by atoms with Gasteiger partial charge in [-0.25, -0.2) is 8.42 Å². The normalized spacial score (nSPS) is 11.4. The number of carbonyl (C=O) groups excluding carboxylic acids is 1. The minimum Gasteiger partial charge on any atom is -0.497 e. The van der Waals surface area contributed by atoms with Gasteiger partial charge in [-0.2, -0.15) is 4.31 Å². The molecule has 0 fully saturated rings. The van der Waals surface area contributed by atoms with Crippen LogP contribution in [0.15, 0.2) is 47.4 Å². The fourth-order valence-corrected chi connectivity index (χ4v) is 4.04. The molecule has 0 saturated carbocycles. The highest BCUT2D eigenvalue weighted by atomic mass is 35.5. The number of sulfonamides is 1. The van der Waals surface area contributed by atoms with E-state index >= 15 is 0 Å². The van der Waals surface area contributed by atoms with Crippen LogP contribution >= 0.6 is 11.6 Å². The molecule has 7 nitrogen and oxygen atoms in total. The number of methoxy groups -OCH3 is 2. The summed E-state index contributed by atoms with van der Waals surface area (Å²) >= 11 is 5.93. The number of hydrogen-bond donors (Lipinski definition) is 0. The van der Waals surface area contributed by atoms with Crippen molar-refractivity contribution < 1.29 is 22.7 Å². The topological polar surface area (TPSA) is 76.2 Å². The molecule has 9 heteroatoms. The summed E-state index contributed by atoms with van der Waals surface area (Å²) in [5.74, 6) is 0.539. The van der Waals surface area contributed by atoms with E-state index in [1.54, 1.807) is 26.3 Å². The molecule has 0 aromatic heterocycles. The Hall–Kier alpha value is -2.29. The lowest BCUT2D eigenvalue weighted by molar-refractivity contribution is -0.130. The van der Waals surface area contributed by atoms with Crippen LogP contribution in [0.25, 0.3) is 0 Å². The van der Waals surface area contributed by atoms with Gasteiger partial charge < -0.3 is 14.4 Å². The zero-order valence-electron chi connectivity index (χ0n) is 16.2. The Morgan fingerprint density at radius 1 is 1.04 bits per heavy atom. The van der Waals surface area contributed by atoms with Crippen molar-refractivity contribution in [3.63, 3.8) is 0 Å². The lowest BCUT2D eigenvalue weighted by Crippen LogP contribution is -2.39. The second-order valence-electron chi connectivity index (χ2n) is 6.15. The number of hydrogen-bond acceptors (Lipinski definition) is 5. The first-order valence-electron chi connectivity index (χ1n) is 8.35. The largest absolute Gasteiger partial charge is 0.497 e. The number of likely N-dealkylation sites (N-methyl/N-ethyl adjacent to an activating group) is 2. The number of carbonyl (C=O) groups is 1. The number of halogens is 1. The van der Waals surface area contributed by atoms with Gasteiger partial charge in [0.25, 0.3) is 0 Å². The molecular formula is C19H23ClN2O5S. The molecule has 2 aromatic rings. The van der Waals surface area contributed by atoms with E-state index in [4.69, 9.17) is 21.1 Å². The number of nitrogens with zero attached hydrogens (tertiary/aromatic N) is 2. The second kappa shape index (κ2) is 9.27. The fourth-order valence-electron chi connectivity index (χ4n) is 2.51. The third-order valence-corrected chi connectivity index (χ3v) is 6.24. The minimum absolute atomic E-state index is 0.0874. The Morgan fingerprint density at radius 3 is 2.25 bits per heavy atom. The Morgan fingerprint density at radius 2 is 1.68 bits per heavy atom. The van der Waals surface area contributed by atoms with Gasteiger partial charge in [-0.15, -0.1) is 0 Å². The molecule has 0 aliphatic carbocycles. The summed E-state index contributed by atoms with van der Waals surface area (Å²) in [4.78, 5) is 13.9. The Kier molecular flexibility index (Phi) is 7.29. The molecular weight excluding hydrogens is 404 g/mol. The van der Waals surface area contributed by atoms with Gasteiger partial charge >= 0.3 is 0 Å². The molecule has 0 atom stereocenters. The first kappa shape index (κ1) is 22.0. The summed E-state index contributed by atoms with van der Waals surface area (Å²) in [6.45, 7) is 0.0296. The van der Waals surface area contributed by atoms with Gasteiger partial charge in [-0.05, 0) is 35.9 Å². The molecule has 0 heterocycles. The van der Waals surface area contributed by atoms with Gasteiger partial charge in [0.15, 0.2) is 0 Å². The maximum absolute atomic E-state index is 12.9. The van der Waals surface area contributed by atoms with Crippen LogP contribution in [-0.4, -0.2) is 58.4 Å². The lowest BCUT2D eigenvalue weighted by Gasteiger charge is -2.22. The van der Waals surface area contributed by atoms with Crippen molar-refractivity contribution in [3.05, 3.63) is 53.1 Å². The first-order valence-corrected chi connectivity index (χ1v) is 10.2. The van der Waals surface area contributed by atoms with E-state index in [0.717, 1.165) is 15.6 Å². The summed E-state index contributed by atoms with van der Waals surface area (Å²) < 4.78 is 36.9. The second-order valence-corrected chi connectivity index (χ2v) is 8.60. The van der Waals surface area contributed by atoms with Crippen molar-refractivity contribution in [2.24, 2.45) is 0 Å². The van der Waals surface area contributed by atoms with Gasteiger partial charge in [-0.1, -0.05) is 23.7 Å². The van der Waals surface area contributed by atoms with E-state index in [0.29, 0.717) is 6.54 Å². The van der Waals surface area contributed by atoms with Gasteiger partial charge in [0.1, 0.15) is 16.4 Å². The maximum Gasteiger partial charge on any atom is 0.247 e. The summed E-state index contributed by atoms with van der Waals surface area (Å²) in [6, 6.07) is 11.6. The van der Waals surface area contributed by atoms with Crippen LogP contribution in [0, 0.1) is 0 Å². The number of ether oxygens (including phenoxy) is 2. The third kappa shape index (κ3) is 5.15. The molecule has 28 heavy (non-hydrogen) atoms. The maximum atomic E-state index is 12.9. The van der Waals surface area contributed by atoms with Crippen molar-refractivity contribution in [2.45, 2.75) is 11.4 Å². The third-order valence-electron chi connectivity index (χ3n) is 4.18. The van der Waals surface area contributed by atoms with E-state index in [-0.39, 0.29) is 28.1 Å². The van der Waals surface area contributed by atoms with Gasteiger partial charge in [-0.3, -0.25) is 4.79 Å². The van der Waals surface area contributed by atoms with Crippen molar-refractivity contribution in [1.82, 2.24) is 9.21 Å². The SMILES string of the molecule is COc1ccc(CN(C)C(=O)CN(C)S(=O)(=O)c2cc(Cl)ccc2OC)cc1. The van der Waals surface area contributed by atoms with Crippen LogP contribution in [0.3, 0.4) is 0 Å². The molecule has 0 spiro atoms. The van der Waals surface area contributed by atoms with Crippen LogP contribution in [-0.2, 0) is 21.4 Å². The summed E-state index contributed by atoms with van der Waals surface area (Å²) in [5, 5.41) is 0.260. The molecule has 0 bridgehead atoms. The molecule has 0 radical (unpaired) electrons. The van der Waals surface area contributed by atoms with E-state index in [9.17, 15) is 13.2 Å². The highest BCUT2D eigenvalue weighted by molar-refractivity contribution is 7.89. The predicted octanol–water partition coefficient (Wildman–Crippen LogP) is 2.64. The molecule has 1 amide bonds. The molecule has 0 N–H and O–H groups in total. The summed E-state index contributed by atoms with van der Waals surface area (Å²) in [7, 11) is 1.96. The smallest absolute Gasteiger partial charge is 0.247 e. The molecule has 2 rings (SSSR count). The van der Waals surface area contributed by atoms with Crippen LogP contribution in [0.2, 0.25) is 5.02 Å². The monoisotopic (exact) mass is 426 g/mol. The number of rotatable bonds is 8. The van der Waals surface area contributed by atoms with Crippen LogP contribution in [0.4, 0.5) is 0 Å². The van der Waals surface area contributed by atoms with E-state index < -0.39 is 10.0 Å². The van der Waals surface area contributed by atoms with E-state index in [2.05, 4.69) is 0 Å².